The zero-order valence-electron chi connectivity index (χ0n) is 5.85. The maximum absolute atomic E-state index is 10.8. The maximum atomic E-state index is 10.8. The first-order valence-corrected chi connectivity index (χ1v) is 5.44. The molecule has 54 valence electrons. The fourth-order valence-electron chi connectivity index (χ4n) is 0.419. The second kappa shape index (κ2) is 6.49. The number of ketones is 1. The Labute approximate surface area is 65.0 Å². The highest BCUT2D eigenvalue weighted by atomic mass is 32.2. The van der Waals surface area contributed by atoms with Crippen molar-refractivity contribution in [1.82, 2.24) is 0 Å². The van der Waals surface area contributed by atoms with Gasteiger partial charge in [0, 0.05) is 0 Å². The molecule has 0 fully saturated rings. The van der Waals surface area contributed by atoms with Crippen LogP contribution in [0.3, 0.4) is 0 Å². The molecule has 0 spiro atoms. The van der Waals surface area contributed by atoms with E-state index >= 15 is 0 Å². The molecule has 0 radical (unpaired) electrons. The van der Waals surface area contributed by atoms with Crippen LogP contribution in [0.5, 0.6) is 0 Å². The second-order valence-electron chi connectivity index (χ2n) is 1.61. The highest BCUT2D eigenvalue weighted by Gasteiger charge is 1.97. The molecule has 0 N–H and O–H groups in total. The van der Waals surface area contributed by atoms with Crippen LogP contribution in [0.2, 0.25) is 0 Å². The summed E-state index contributed by atoms with van der Waals surface area (Å²) in [5.41, 5.74) is 0. The summed E-state index contributed by atoms with van der Waals surface area (Å²) in [5.74, 6) is 2.76. The quantitative estimate of drug-likeness (QED) is 0.615. The van der Waals surface area contributed by atoms with Crippen molar-refractivity contribution in [1.29, 1.82) is 0 Å². The molecule has 9 heavy (non-hydrogen) atoms. The summed E-state index contributed by atoms with van der Waals surface area (Å²) in [6, 6.07) is 0. The summed E-state index contributed by atoms with van der Waals surface area (Å²) < 4.78 is 0. The maximum Gasteiger partial charge on any atom is 0.152 e. The third-order valence-electron chi connectivity index (χ3n) is 0.772. The van der Waals surface area contributed by atoms with E-state index in [4.69, 9.17) is 0 Å². The van der Waals surface area contributed by atoms with Gasteiger partial charge in [-0.1, -0.05) is 6.92 Å². The predicted octanol–water partition coefficient (Wildman–Crippen LogP) is 1.67. The summed E-state index contributed by atoms with van der Waals surface area (Å²) in [4.78, 5) is 10.8. The Kier molecular flexibility index (Phi) is 6.76. The number of Topliss-reactive ketones (excluding diaryl/α,β-unsaturated/α-hetero) is 1. The van der Waals surface area contributed by atoms with Crippen molar-refractivity contribution in [3.05, 3.63) is 0 Å². The lowest BCUT2D eigenvalue weighted by Gasteiger charge is -1.94. The van der Waals surface area contributed by atoms with Crippen LogP contribution >= 0.6 is 23.5 Å². The number of carbonyl (C=O) groups is 1. The van der Waals surface area contributed by atoms with Gasteiger partial charge in [-0.05, 0) is 12.0 Å². The molecule has 0 aromatic heterocycles. The summed E-state index contributed by atoms with van der Waals surface area (Å²) in [6.07, 6.45) is 1.95. The van der Waals surface area contributed by atoms with E-state index in [1.807, 2.05) is 6.26 Å². The molecular formula is C6H12OS2. The van der Waals surface area contributed by atoms with Crippen LogP contribution in [-0.4, -0.2) is 29.3 Å². The molecule has 0 aliphatic rings. The molecule has 1 nitrogen and oxygen atoms in total. The van der Waals surface area contributed by atoms with Crippen LogP contribution in [0.25, 0.3) is 0 Å². The smallest absolute Gasteiger partial charge is 0.152 e. The van der Waals surface area contributed by atoms with Crippen molar-refractivity contribution < 1.29 is 4.79 Å². The van der Waals surface area contributed by atoms with E-state index in [0.29, 0.717) is 17.3 Å². The lowest BCUT2D eigenvalue weighted by molar-refractivity contribution is -0.114. The Hall–Kier alpha value is 0.370. The van der Waals surface area contributed by atoms with Gasteiger partial charge in [-0.2, -0.15) is 23.5 Å². The van der Waals surface area contributed by atoms with Gasteiger partial charge in [0.15, 0.2) is 5.78 Å². The largest absolute Gasteiger partial charge is 0.298 e. The molecule has 0 rings (SSSR count). The topological polar surface area (TPSA) is 17.1 Å². The van der Waals surface area contributed by atoms with Crippen molar-refractivity contribution >= 4 is 29.3 Å². The third kappa shape index (κ3) is 6.25. The number of thioether (sulfide) groups is 2. The highest BCUT2D eigenvalue weighted by molar-refractivity contribution is 8.01. The molecule has 0 unspecified atom stereocenters. The van der Waals surface area contributed by atoms with E-state index in [0.717, 1.165) is 5.75 Å². The van der Waals surface area contributed by atoms with Crippen LogP contribution in [0.1, 0.15) is 6.92 Å². The van der Waals surface area contributed by atoms with Gasteiger partial charge in [0.05, 0.1) is 11.5 Å². The molecule has 0 amide bonds. The van der Waals surface area contributed by atoms with Crippen LogP contribution in [-0.2, 0) is 4.79 Å². The van der Waals surface area contributed by atoms with Crippen LogP contribution in [0.4, 0.5) is 0 Å². The van der Waals surface area contributed by atoms with Gasteiger partial charge in [-0.15, -0.1) is 0 Å². The average molecular weight is 164 g/mol. The first-order chi connectivity index (χ1) is 4.31. The van der Waals surface area contributed by atoms with Crippen molar-refractivity contribution in [2.45, 2.75) is 6.92 Å². The van der Waals surface area contributed by atoms with E-state index in [1.165, 1.54) is 0 Å². The molecule has 3 heteroatoms. The summed E-state index contributed by atoms with van der Waals surface area (Å²) in [7, 11) is 0. The zero-order chi connectivity index (χ0) is 7.11. The lowest BCUT2D eigenvalue weighted by Crippen LogP contribution is -2.03. The first-order valence-electron chi connectivity index (χ1n) is 2.89. The van der Waals surface area contributed by atoms with E-state index in [2.05, 4.69) is 6.92 Å². The Bertz CT molecular complexity index is 83.1. The Morgan fingerprint density at radius 1 is 1.44 bits per heavy atom. The van der Waals surface area contributed by atoms with Gasteiger partial charge in [0.1, 0.15) is 0 Å². The number of rotatable bonds is 5. The fourth-order valence-corrected chi connectivity index (χ4v) is 1.51. The molecule has 0 heterocycles. The van der Waals surface area contributed by atoms with Gasteiger partial charge in [0.25, 0.3) is 0 Å². The minimum atomic E-state index is 0.356. The molecule has 0 aromatic rings. The van der Waals surface area contributed by atoms with Crippen LogP contribution < -0.4 is 0 Å². The van der Waals surface area contributed by atoms with E-state index in [9.17, 15) is 4.79 Å². The van der Waals surface area contributed by atoms with Crippen LogP contribution in [0.15, 0.2) is 0 Å². The molecule has 0 aliphatic carbocycles. The lowest BCUT2D eigenvalue weighted by atomic mass is 10.5. The van der Waals surface area contributed by atoms with E-state index in [1.54, 1.807) is 23.5 Å². The van der Waals surface area contributed by atoms with Gasteiger partial charge in [-0.25, -0.2) is 0 Å². The van der Waals surface area contributed by atoms with Crippen LogP contribution in [0, 0.1) is 0 Å². The second-order valence-corrected chi connectivity index (χ2v) is 3.75. The fraction of sp³-hybridized carbons (Fsp3) is 0.833. The first kappa shape index (κ1) is 9.37. The predicted molar refractivity (Wildman–Crippen MR) is 46.4 cm³/mol. The monoisotopic (exact) mass is 164 g/mol. The minimum Gasteiger partial charge on any atom is -0.298 e. The third-order valence-corrected chi connectivity index (χ3v) is 2.32. The van der Waals surface area contributed by atoms with Gasteiger partial charge >= 0.3 is 0 Å². The summed E-state index contributed by atoms with van der Waals surface area (Å²) in [6.45, 7) is 2.07. The Balaban J connectivity index is 3.06. The van der Waals surface area contributed by atoms with Crippen molar-refractivity contribution in [2.24, 2.45) is 0 Å². The number of carbonyl (C=O) groups excluding carboxylic acids is 1. The standard InChI is InChI=1S/C6H12OS2/c1-3-9-5-6(7)4-8-2/h3-5H2,1-2H3. The van der Waals surface area contributed by atoms with Gasteiger partial charge in [-0.3, -0.25) is 4.79 Å². The Morgan fingerprint density at radius 2 is 2.11 bits per heavy atom. The SMILES string of the molecule is CCSCC(=O)CSC. The van der Waals surface area contributed by atoms with Gasteiger partial charge < -0.3 is 0 Å². The van der Waals surface area contributed by atoms with Crippen molar-refractivity contribution in [3.8, 4) is 0 Å². The van der Waals surface area contributed by atoms with E-state index < -0.39 is 0 Å². The van der Waals surface area contributed by atoms with Crippen molar-refractivity contribution in [3.63, 3.8) is 0 Å². The van der Waals surface area contributed by atoms with Crippen molar-refractivity contribution in [2.75, 3.05) is 23.5 Å². The number of hydrogen-bond donors (Lipinski definition) is 0. The highest BCUT2D eigenvalue weighted by Crippen LogP contribution is 2.01. The molecular weight excluding hydrogens is 152 g/mol. The molecule has 0 aromatic carbocycles. The van der Waals surface area contributed by atoms with E-state index in [-0.39, 0.29) is 0 Å². The Morgan fingerprint density at radius 3 is 2.56 bits per heavy atom. The minimum absolute atomic E-state index is 0.356. The van der Waals surface area contributed by atoms with Gasteiger partial charge in [0.2, 0.25) is 0 Å². The molecule has 0 saturated heterocycles. The molecule has 0 aliphatic heterocycles. The molecule has 0 atom stereocenters. The molecule has 0 bridgehead atoms. The molecule has 0 saturated carbocycles. The normalized spacial score (nSPS) is 9.56. The average Bonchev–Trinajstić information content (AvgIpc) is 1.85. The number of hydrogen-bond acceptors (Lipinski definition) is 3. The summed E-state index contributed by atoms with van der Waals surface area (Å²) >= 11 is 3.29. The summed E-state index contributed by atoms with van der Waals surface area (Å²) in [5, 5.41) is 0. The zero-order valence-corrected chi connectivity index (χ0v) is 7.48.